The summed E-state index contributed by atoms with van der Waals surface area (Å²) in [5, 5.41) is 2.37. The van der Waals surface area contributed by atoms with Gasteiger partial charge < -0.3 is 0 Å². The van der Waals surface area contributed by atoms with Crippen molar-refractivity contribution < 1.29 is 0 Å². The van der Waals surface area contributed by atoms with Crippen LogP contribution in [-0.2, 0) is 0 Å². The first-order valence-electron chi connectivity index (χ1n) is 21.4. The van der Waals surface area contributed by atoms with E-state index in [1.807, 2.05) is 73.1 Å². The van der Waals surface area contributed by atoms with E-state index >= 15 is 0 Å². The zero-order chi connectivity index (χ0) is 42.7. The molecule has 5 heteroatoms. The van der Waals surface area contributed by atoms with Crippen LogP contribution in [-0.4, -0.2) is 24.9 Å². The normalized spacial score (nSPS) is 11.1. The molecule has 5 nitrogen and oxygen atoms in total. The smallest absolute Gasteiger partial charge is 0.160 e. The van der Waals surface area contributed by atoms with Crippen molar-refractivity contribution in [1.29, 1.82) is 0 Å². The SMILES string of the molecule is c1ccc(-c2cc(-c3ccc(-c4cc(-c5cccc(-c6nc(-c7ccccc7)cc(-c7ccc8ccccc8c7)n6)c5)ccc4-c4cccnc4)cc3)nc(-c3ccccc3)n2)cc1. The monoisotopic (exact) mass is 817 g/mol. The van der Waals surface area contributed by atoms with Crippen LogP contribution in [0.15, 0.2) is 237 Å². The summed E-state index contributed by atoms with van der Waals surface area (Å²) in [5.41, 5.74) is 16.0. The number of benzene rings is 8. The van der Waals surface area contributed by atoms with Gasteiger partial charge in [-0.05, 0) is 75.0 Å². The minimum Gasteiger partial charge on any atom is -0.264 e. The van der Waals surface area contributed by atoms with Crippen LogP contribution in [0.5, 0.6) is 0 Å². The first-order valence-corrected chi connectivity index (χ1v) is 21.4. The average Bonchev–Trinajstić information content (AvgIpc) is 3.39. The van der Waals surface area contributed by atoms with E-state index in [0.717, 1.165) is 89.5 Å². The third kappa shape index (κ3) is 7.86. The van der Waals surface area contributed by atoms with Gasteiger partial charge >= 0.3 is 0 Å². The summed E-state index contributed by atoms with van der Waals surface area (Å²) in [5.74, 6) is 1.36. The van der Waals surface area contributed by atoms with Crippen LogP contribution in [0, 0.1) is 0 Å². The quantitative estimate of drug-likeness (QED) is 0.145. The number of aromatic nitrogens is 5. The lowest BCUT2D eigenvalue weighted by atomic mass is 9.90. The number of pyridine rings is 1. The zero-order valence-electron chi connectivity index (χ0n) is 34.8. The van der Waals surface area contributed by atoms with Crippen molar-refractivity contribution in [3.8, 4) is 101 Å². The Balaban J connectivity index is 0.990. The van der Waals surface area contributed by atoms with E-state index in [1.54, 1.807) is 0 Å². The van der Waals surface area contributed by atoms with Crippen LogP contribution in [0.25, 0.3) is 112 Å². The molecular weight excluding hydrogens is 779 g/mol. The second-order valence-electron chi connectivity index (χ2n) is 15.7. The number of hydrogen-bond acceptors (Lipinski definition) is 5. The fourth-order valence-corrected chi connectivity index (χ4v) is 8.29. The molecule has 0 fully saturated rings. The van der Waals surface area contributed by atoms with Crippen molar-refractivity contribution in [2.24, 2.45) is 0 Å². The molecule has 0 saturated heterocycles. The second-order valence-corrected chi connectivity index (χ2v) is 15.7. The van der Waals surface area contributed by atoms with E-state index in [2.05, 4.69) is 169 Å². The molecule has 8 aromatic carbocycles. The molecule has 0 aliphatic heterocycles. The fourth-order valence-electron chi connectivity index (χ4n) is 8.29. The van der Waals surface area contributed by atoms with Crippen molar-refractivity contribution in [2.75, 3.05) is 0 Å². The molecule has 0 bridgehead atoms. The zero-order valence-corrected chi connectivity index (χ0v) is 34.8. The van der Waals surface area contributed by atoms with Gasteiger partial charge in [0.1, 0.15) is 0 Å². The summed E-state index contributed by atoms with van der Waals surface area (Å²) >= 11 is 0. The number of rotatable bonds is 9. The van der Waals surface area contributed by atoms with Gasteiger partial charge in [-0.3, -0.25) is 4.98 Å². The lowest BCUT2D eigenvalue weighted by Crippen LogP contribution is -1.96. The largest absolute Gasteiger partial charge is 0.264 e. The van der Waals surface area contributed by atoms with Crippen LogP contribution in [0.2, 0.25) is 0 Å². The molecule has 0 radical (unpaired) electrons. The van der Waals surface area contributed by atoms with Crippen molar-refractivity contribution in [2.45, 2.75) is 0 Å². The molecular formula is C59H39N5. The molecule has 0 spiro atoms. The number of hydrogen-bond donors (Lipinski definition) is 0. The molecule has 0 amide bonds. The van der Waals surface area contributed by atoms with Crippen molar-refractivity contribution >= 4 is 10.8 Å². The standard InChI is InChI=1S/C59H39N5/c1-4-15-42(16-5-1)54-37-56(62-58(61-54)45-19-8-3-9-20-45)44-28-26-41(27-29-44)53-36-48(31-32-52(53)51-24-13-33-60-39-51)47-22-12-23-50(35-47)59-63-55(43-17-6-2-7-18-43)38-57(64-59)49-30-25-40-14-10-11-21-46(40)34-49/h1-39H. The number of fused-ring (bicyclic) bond motifs is 1. The summed E-state index contributed by atoms with van der Waals surface area (Å²) in [4.78, 5) is 24.9. The summed E-state index contributed by atoms with van der Waals surface area (Å²) < 4.78 is 0. The Hall–Kier alpha value is -8.67. The fraction of sp³-hybridized carbons (Fsp3) is 0. The highest BCUT2D eigenvalue weighted by Gasteiger charge is 2.16. The lowest BCUT2D eigenvalue weighted by molar-refractivity contribution is 1.18. The maximum Gasteiger partial charge on any atom is 0.160 e. The Bertz CT molecular complexity index is 3350. The predicted molar refractivity (Wildman–Crippen MR) is 262 cm³/mol. The van der Waals surface area contributed by atoms with Gasteiger partial charge in [-0.15, -0.1) is 0 Å². The predicted octanol–water partition coefficient (Wildman–Crippen LogP) is 14.8. The maximum atomic E-state index is 5.21. The van der Waals surface area contributed by atoms with Gasteiger partial charge in [-0.2, -0.15) is 0 Å². The van der Waals surface area contributed by atoms with Gasteiger partial charge in [0.2, 0.25) is 0 Å². The molecule has 0 atom stereocenters. The molecule has 64 heavy (non-hydrogen) atoms. The highest BCUT2D eigenvalue weighted by Crippen LogP contribution is 2.38. The highest BCUT2D eigenvalue weighted by atomic mass is 14.9. The molecule has 0 unspecified atom stereocenters. The van der Waals surface area contributed by atoms with Gasteiger partial charge in [-0.1, -0.05) is 188 Å². The van der Waals surface area contributed by atoms with E-state index in [0.29, 0.717) is 11.6 Å². The van der Waals surface area contributed by atoms with Crippen LogP contribution < -0.4 is 0 Å². The molecule has 300 valence electrons. The summed E-state index contributed by atoms with van der Waals surface area (Å²) in [6.45, 7) is 0. The van der Waals surface area contributed by atoms with Crippen LogP contribution in [0.4, 0.5) is 0 Å². The Morgan fingerprint density at radius 3 is 1.34 bits per heavy atom. The molecule has 0 N–H and O–H groups in total. The van der Waals surface area contributed by atoms with E-state index in [4.69, 9.17) is 19.9 Å². The molecule has 0 saturated carbocycles. The van der Waals surface area contributed by atoms with Crippen molar-refractivity contribution in [1.82, 2.24) is 24.9 Å². The van der Waals surface area contributed by atoms with E-state index in [9.17, 15) is 0 Å². The van der Waals surface area contributed by atoms with Crippen LogP contribution in [0.3, 0.4) is 0 Å². The van der Waals surface area contributed by atoms with Gasteiger partial charge in [-0.25, -0.2) is 19.9 Å². The van der Waals surface area contributed by atoms with Gasteiger partial charge in [0.05, 0.1) is 22.8 Å². The average molecular weight is 818 g/mol. The molecule has 11 aromatic rings. The Morgan fingerprint density at radius 2 is 0.703 bits per heavy atom. The second kappa shape index (κ2) is 17.0. The van der Waals surface area contributed by atoms with Crippen LogP contribution in [0.1, 0.15) is 0 Å². The van der Waals surface area contributed by atoms with Crippen LogP contribution >= 0.6 is 0 Å². The Labute approximate surface area is 372 Å². The van der Waals surface area contributed by atoms with Gasteiger partial charge in [0.15, 0.2) is 11.6 Å². The molecule has 0 aliphatic carbocycles. The molecule has 11 rings (SSSR count). The first-order chi connectivity index (χ1) is 31.7. The third-order valence-corrected chi connectivity index (χ3v) is 11.6. The summed E-state index contributed by atoms with van der Waals surface area (Å²) in [7, 11) is 0. The van der Waals surface area contributed by atoms with E-state index in [-0.39, 0.29) is 0 Å². The summed E-state index contributed by atoms with van der Waals surface area (Å²) in [6.07, 6.45) is 3.74. The highest BCUT2D eigenvalue weighted by molar-refractivity contribution is 5.89. The first kappa shape index (κ1) is 38.3. The minimum atomic E-state index is 0.671. The molecule has 3 heterocycles. The maximum absolute atomic E-state index is 5.21. The molecule has 0 aliphatic rings. The third-order valence-electron chi connectivity index (χ3n) is 11.6. The minimum absolute atomic E-state index is 0.671. The van der Waals surface area contributed by atoms with Crippen molar-refractivity contribution in [3.05, 3.63) is 237 Å². The number of nitrogens with zero attached hydrogens (tertiary/aromatic N) is 5. The van der Waals surface area contributed by atoms with Crippen molar-refractivity contribution in [3.63, 3.8) is 0 Å². The van der Waals surface area contributed by atoms with Gasteiger partial charge in [0, 0.05) is 51.3 Å². The Morgan fingerprint density at radius 1 is 0.234 bits per heavy atom. The van der Waals surface area contributed by atoms with Gasteiger partial charge in [0.25, 0.3) is 0 Å². The Kier molecular flexibility index (Phi) is 10.2. The summed E-state index contributed by atoms with van der Waals surface area (Å²) in [6, 6.07) is 77.9. The molecule has 3 aromatic heterocycles. The lowest BCUT2D eigenvalue weighted by Gasteiger charge is -2.15. The topological polar surface area (TPSA) is 64.5 Å². The van der Waals surface area contributed by atoms with E-state index < -0.39 is 0 Å². The van der Waals surface area contributed by atoms with E-state index in [1.165, 1.54) is 10.8 Å².